The number of nitrogens with zero attached hydrogens (tertiary/aromatic N) is 4. The van der Waals surface area contributed by atoms with Crippen LogP contribution in [0.3, 0.4) is 0 Å². The predicted molar refractivity (Wildman–Crippen MR) is 126 cm³/mol. The Hall–Kier alpha value is -3.26. The lowest BCUT2D eigenvalue weighted by Gasteiger charge is -2.34. The van der Waals surface area contributed by atoms with Crippen LogP contribution in [0.15, 0.2) is 29.3 Å². The number of carbonyl (C=O) groups is 4. The molecule has 0 bridgehead atoms. The van der Waals surface area contributed by atoms with Crippen molar-refractivity contribution in [3.05, 3.63) is 29.1 Å². The molecule has 3 amide bonds. The summed E-state index contributed by atoms with van der Waals surface area (Å²) < 4.78 is 36.9. The molecule has 1 aliphatic heterocycles. The Morgan fingerprint density at radius 3 is 2.34 bits per heavy atom. The minimum atomic E-state index is -4.09. The summed E-state index contributed by atoms with van der Waals surface area (Å²) in [6.45, 7) is 2.52. The Morgan fingerprint density at radius 1 is 1.03 bits per heavy atom. The number of para-hydroxylation sites is 1. The summed E-state index contributed by atoms with van der Waals surface area (Å²) in [5.74, 6) is -3.95. The van der Waals surface area contributed by atoms with E-state index in [4.69, 9.17) is 9.47 Å². The van der Waals surface area contributed by atoms with Crippen LogP contribution in [0.2, 0.25) is 0 Å². The van der Waals surface area contributed by atoms with Crippen LogP contribution >= 0.6 is 11.3 Å². The van der Waals surface area contributed by atoms with E-state index in [1.807, 2.05) is 0 Å². The van der Waals surface area contributed by atoms with Crippen molar-refractivity contribution in [2.75, 3.05) is 51.4 Å². The molecule has 12 nitrogen and oxygen atoms in total. The van der Waals surface area contributed by atoms with Gasteiger partial charge in [-0.15, -0.1) is 0 Å². The van der Waals surface area contributed by atoms with Crippen LogP contribution in [0, 0.1) is 0 Å². The fourth-order valence-electron chi connectivity index (χ4n) is 3.46. The van der Waals surface area contributed by atoms with Crippen molar-refractivity contribution in [2.24, 2.45) is 4.99 Å². The SMILES string of the molecule is CCOC(=O)N1CCN(C(=O)CS(=O)(=O)CC(=O)N=c2sc3ccccc3n2CC(=O)OC)CC1. The first-order chi connectivity index (χ1) is 16.6. The lowest BCUT2D eigenvalue weighted by atomic mass is 10.3. The minimum absolute atomic E-state index is 0.151. The van der Waals surface area contributed by atoms with E-state index in [0.29, 0.717) is 5.52 Å². The van der Waals surface area contributed by atoms with Crippen molar-refractivity contribution in [1.82, 2.24) is 14.4 Å². The van der Waals surface area contributed by atoms with E-state index in [1.165, 1.54) is 21.5 Å². The summed E-state index contributed by atoms with van der Waals surface area (Å²) in [7, 11) is -2.86. The highest BCUT2D eigenvalue weighted by Crippen LogP contribution is 2.16. The number of esters is 1. The van der Waals surface area contributed by atoms with Crippen LogP contribution in [0.1, 0.15) is 6.92 Å². The third kappa shape index (κ3) is 6.88. The summed E-state index contributed by atoms with van der Waals surface area (Å²) in [6, 6.07) is 7.08. The summed E-state index contributed by atoms with van der Waals surface area (Å²) in [5.41, 5.74) is 0.648. The molecule has 1 fully saturated rings. The number of fused-ring (bicyclic) bond motifs is 1. The second kappa shape index (κ2) is 11.4. The zero-order valence-corrected chi connectivity index (χ0v) is 21.0. The summed E-state index contributed by atoms with van der Waals surface area (Å²) in [5, 5.41) is 0. The molecule has 1 aromatic heterocycles. The molecule has 0 N–H and O–H groups in total. The van der Waals surface area contributed by atoms with Gasteiger partial charge < -0.3 is 23.8 Å². The first-order valence-electron chi connectivity index (χ1n) is 10.8. The average molecular weight is 527 g/mol. The van der Waals surface area contributed by atoms with Gasteiger partial charge in [-0.3, -0.25) is 14.4 Å². The molecule has 0 atom stereocenters. The van der Waals surface area contributed by atoms with Gasteiger partial charge >= 0.3 is 12.1 Å². The van der Waals surface area contributed by atoms with Gasteiger partial charge in [-0.2, -0.15) is 4.99 Å². The summed E-state index contributed by atoms with van der Waals surface area (Å²) in [4.78, 5) is 55.4. The molecule has 1 aliphatic rings. The van der Waals surface area contributed by atoms with Crippen molar-refractivity contribution < 1.29 is 37.1 Å². The van der Waals surface area contributed by atoms with E-state index in [0.717, 1.165) is 16.0 Å². The molecule has 3 rings (SSSR count). The van der Waals surface area contributed by atoms with Crippen LogP contribution < -0.4 is 4.80 Å². The molecule has 190 valence electrons. The minimum Gasteiger partial charge on any atom is -0.468 e. The molecule has 2 heterocycles. The molecule has 1 aromatic carbocycles. The Bertz CT molecular complexity index is 1290. The van der Waals surface area contributed by atoms with Crippen LogP contribution in [-0.2, 0) is 40.2 Å². The highest BCUT2D eigenvalue weighted by atomic mass is 32.2. The van der Waals surface area contributed by atoms with Gasteiger partial charge in [-0.05, 0) is 19.1 Å². The molecule has 1 saturated heterocycles. The largest absolute Gasteiger partial charge is 0.468 e. The van der Waals surface area contributed by atoms with Gasteiger partial charge in [0, 0.05) is 26.2 Å². The number of hydrogen-bond donors (Lipinski definition) is 0. The van der Waals surface area contributed by atoms with Crippen molar-refractivity contribution >= 4 is 55.3 Å². The number of ether oxygens (including phenoxy) is 2. The predicted octanol–water partition coefficient (Wildman–Crippen LogP) is 0.0186. The molecule has 0 aliphatic carbocycles. The van der Waals surface area contributed by atoms with Crippen LogP contribution in [0.25, 0.3) is 10.2 Å². The lowest BCUT2D eigenvalue weighted by molar-refractivity contribution is -0.141. The maximum absolute atomic E-state index is 12.5. The van der Waals surface area contributed by atoms with Gasteiger partial charge in [0.15, 0.2) is 14.6 Å². The number of thiazole rings is 1. The number of piperazine rings is 1. The Balaban J connectivity index is 1.67. The third-order valence-electron chi connectivity index (χ3n) is 5.17. The van der Waals surface area contributed by atoms with Crippen molar-refractivity contribution in [3.8, 4) is 0 Å². The molecule has 0 radical (unpaired) electrons. The van der Waals surface area contributed by atoms with Crippen molar-refractivity contribution in [3.63, 3.8) is 0 Å². The van der Waals surface area contributed by atoms with Gasteiger partial charge in [0.2, 0.25) is 5.91 Å². The highest BCUT2D eigenvalue weighted by molar-refractivity contribution is 7.92. The van der Waals surface area contributed by atoms with Crippen LogP contribution in [0.5, 0.6) is 0 Å². The zero-order valence-electron chi connectivity index (χ0n) is 19.3. The smallest absolute Gasteiger partial charge is 0.409 e. The number of rotatable bonds is 7. The number of carbonyl (C=O) groups excluding carboxylic acids is 4. The number of sulfone groups is 1. The molecular weight excluding hydrogens is 500 g/mol. The Labute approximate surface area is 205 Å². The van der Waals surface area contributed by atoms with Gasteiger partial charge in [-0.1, -0.05) is 23.5 Å². The molecule has 0 spiro atoms. The number of benzene rings is 1. The Morgan fingerprint density at radius 2 is 1.69 bits per heavy atom. The molecule has 0 saturated carbocycles. The van der Waals surface area contributed by atoms with Crippen molar-refractivity contribution in [1.29, 1.82) is 0 Å². The van der Waals surface area contributed by atoms with E-state index in [1.54, 1.807) is 31.2 Å². The fraction of sp³-hybridized carbons (Fsp3) is 0.476. The second-order valence-corrected chi connectivity index (χ2v) is 10.7. The standard InChI is InChI=1S/C21H26N4O8S2/c1-3-33-21(29)24-10-8-23(9-11-24)18(27)14-35(30,31)13-17(26)22-20-25(12-19(28)32-2)15-6-4-5-7-16(15)34-20/h4-7H,3,8-14H2,1-2H3. The van der Waals surface area contributed by atoms with Crippen LogP contribution in [-0.4, -0.2) is 98.1 Å². The van der Waals surface area contributed by atoms with Gasteiger partial charge in [-0.25, -0.2) is 13.2 Å². The normalized spacial score (nSPS) is 14.7. The first kappa shape index (κ1) is 26.3. The Kier molecular flexibility index (Phi) is 8.62. The quantitative estimate of drug-likeness (QED) is 0.459. The maximum Gasteiger partial charge on any atom is 0.409 e. The van der Waals surface area contributed by atoms with E-state index in [9.17, 15) is 27.6 Å². The van der Waals surface area contributed by atoms with Gasteiger partial charge in [0.05, 0.1) is 23.9 Å². The summed E-state index contributed by atoms with van der Waals surface area (Å²) >= 11 is 1.13. The highest BCUT2D eigenvalue weighted by Gasteiger charge is 2.28. The second-order valence-electron chi connectivity index (χ2n) is 7.62. The van der Waals surface area contributed by atoms with E-state index >= 15 is 0 Å². The van der Waals surface area contributed by atoms with Gasteiger partial charge in [0.25, 0.3) is 5.91 Å². The van der Waals surface area contributed by atoms with Crippen LogP contribution in [0.4, 0.5) is 4.79 Å². The third-order valence-corrected chi connectivity index (χ3v) is 7.60. The number of methoxy groups -OCH3 is 1. The topological polar surface area (TPSA) is 145 Å². The monoisotopic (exact) mass is 526 g/mol. The molecule has 2 aromatic rings. The molecule has 14 heteroatoms. The van der Waals surface area contributed by atoms with E-state index in [-0.39, 0.29) is 44.1 Å². The fourth-order valence-corrected chi connectivity index (χ4v) is 5.61. The summed E-state index contributed by atoms with van der Waals surface area (Å²) in [6.07, 6.45) is -0.481. The van der Waals surface area contributed by atoms with Crippen molar-refractivity contribution in [2.45, 2.75) is 13.5 Å². The molecule has 0 unspecified atom stereocenters. The first-order valence-corrected chi connectivity index (χ1v) is 13.4. The van der Waals surface area contributed by atoms with E-state index < -0.39 is 45.2 Å². The van der Waals surface area contributed by atoms with Gasteiger partial charge in [0.1, 0.15) is 18.1 Å². The molecule has 35 heavy (non-hydrogen) atoms. The van der Waals surface area contributed by atoms with E-state index in [2.05, 4.69) is 4.99 Å². The molecular formula is C21H26N4O8S2. The average Bonchev–Trinajstić information content (AvgIpc) is 3.15. The number of aromatic nitrogens is 1. The number of amides is 3. The maximum atomic E-state index is 12.5. The lowest BCUT2D eigenvalue weighted by Crippen LogP contribution is -2.52. The number of hydrogen-bond acceptors (Lipinski definition) is 9. The zero-order chi connectivity index (χ0) is 25.6.